The maximum absolute atomic E-state index is 4.56. The standard InChI is InChI=1S/C8H9N3O/c1-5(2)6-3-7-8(4-9-6)11-12-10-7/h3-5H,1-2H3. The van der Waals surface area contributed by atoms with Crippen LogP contribution in [0.5, 0.6) is 0 Å². The molecule has 12 heavy (non-hydrogen) atoms. The highest BCUT2D eigenvalue weighted by atomic mass is 16.6. The molecule has 0 atom stereocenters. The zero-order chi connectivity index (χ0) is 8.55. The predicted molar refractivity (Wildman–Crippen MR) is 43.7 cm³/mol. The second kappa shape index (κ2) is 2.55. The van der Waals surface area contributed by atoms with Crippen molar-refractivity contribution in [3.05, 3.63) is 18.0 Å². The molecule has 2 aromatic rings. The van der Waals surface area contributed by atoms with Gasteiger partial charge in [0.05, 0.1) is 6.20 Å². The molecule has 0 fully saturated rings. The lowest BCUT2D eigenvalue weighted by molar-refractivity contribution is 0.315. The molecule has 0 radical (unpaired) electrons. The summed E-state index contributed by atoms with van der Waals surface area (Å²) in [6, 6.07) is 1.90. The van der Waals surface area contributed by atoms with Crippen molar-refractivity contribution in [1.82, 2.24) is 15.3 Å². The highest BCUT2D eigenvalue weighted by Crippen LogP contribution is 2.15. The topological polar surface area (TPSA) is 51.8 Å². The summed E-state index contributed by atoms with van der Waals surface area (Å²) in [6.07, 6.45) is 1.68. The van der Waals surface area contributed by atoms with Crippen LogP contribution in [0.25, 0.3) is 11.0 Å². The fraction of sp³-hybridized carbons (Fsp3) is 0.375. The average Bonchev–Trinajstić information content (AvgIpc) is 2.49. The number of rotatable bonds is 1. The molecule has 0 aliphatic heterocycles. The van der Waals surface area contributed by atoms with Crippen molar-refractivity contribution in [2.24, 2.45) is 0 Å². The van der Waals surface area contributed by atoms with Crippen LogP contribution in [0.2, 0.25) is 0 Å². The number of hydrogen-bond donors (Lipinski definition) is 0. The first-order valence-corrected chi connectivity index (χ1v) is 3.85. The predicted octanol–water partition coefficient (Wildman–Crippen LogP) is 1.74. The Bertz CT molecular complexity index is 394. The average molecular weight is 163 g/mol. The first-order chi connectivity index (χ1) is 5.77. The molecule has 62 valence electrons. The summed E-state index contributed by atoms with van der Waals surface area (Å²) in [7, 11) is 0. The molecule has 0 saturated carbocycles. The normalized spacial score (nSPS) is 11.2. The molecule has 0 amide bonds. The van der Waals surface area contributed by atoms with E-state index in [9.17, 15) is 0 Å². The quantitative estimate of drug-likeness (QED) is 0.642. The van der Waals surface area contributed by atoms with Crippen LogP contribution >= 0.6 is 0 Å². The molecule has 2 rings (SSSR count). The second-order valence-corrected chi connectivity index (χ2v) is 3.02. The zero-order valence-corrected chi connectivity index (χ0v) is 6.98. The molecule has 0 aliphatic rings. The van der Waals surface area contributed by atoms with E-state index in [1.54, 1.807) is 6.20 Å². The van der Waals surface area contributed by atoms with Gasteiger partial charge in [-0.3, -0.25) is 4.98 Å². The molecule has 4 nitrogen and oxygen atoms in total. The monoisotopic (exact) mass is 163 g/mol. The summed E-state index contributed by atoms with van der Waals surface area (Å²) in [5.41, 5.74) is 2.49. The molecule has 0 unspecified atom stereocenters. The minimum absolute atomic E-state index is 0.408. The van der Waals surface area contributed by atoms with Gasteiger partial charge in [0, 0.05) is 5.69 Å². The Morgan fingerprint density at radius 1 is 1.25 bits per heavy atom. The van der Waals surface area contributed by atoms with Gasteiger partial charge in [-0.2, -0.15) is 0 Å². The molecule has 0 saturated heterocycles. The van der Waals surface area contributed by atoms with Crippen LogP contribution in [-0.4, -0.2) is 15.3 Å². The lowest BCUT2D eigenvalue weighted by Crippen LogP contribution is -1.91. The van der Waals surface area contributed by atoms with Crippen LogP contribution < -0.4 is 0 Å². The highest BCUT2D eigenvalue weighted by molar-refractivity contribution is 5.71. The van der Waals surface area contributed by atoms with E-state index in [0.29, 0.717) is 11.4 Å². The fourth-order valence-corrected chi connectivity index (χ4v) is 1.02. The Kier molecular flexibility index (Phi) is 1.53. The summed E-state index contributed by atoms with van der Waals surface area (Å²) in [6.45, 7) is 4.17. The fourth-order valence-electron chi connectivity index (χ4n) is 1.02. The largest absolute Gasteiger partial charge is 0.258 e. The van der Waals surface area contributed by atoms with Crippen molar-refractivity contribution < 1.29 is 4.63 Å². The Balaban J connectivity index is 2.60. The van der Waals surface area contributed by atoms with Gasteiger partial charge in [0.25, 0.3) is 0 Å². The lowest BCUT2D eigenvalue weighted by Gasteiger charge is -2.00. The van der Waals surface area contributed by atoms with Crippen LogP contribution in [0, 0.1) is 0 Å². The third-order valence-corrected chi connectivity index (χ3v) is 1.75. The minimum atomic E-state index is 0.408. The van der Waals surface area contributed by atoms with Crippen molar-refractivity contribution in [2.75, 3.05) is 0 Å². The molecule has 0 spiro atoms. The molecular weight excluding hydrogens is 154 g/mol. The van der Waals surface area contributed by atoms with E-state index in [0.717, 1.165) is 11.2 Å². The summed E-state index contributed by atoms with van der Waals surface area (Å²) in [5, 5.41) is 7.41. The molecule has 2 aromatic heterocycles. The van der Waals surface area contributed by atoms with Crippen molar-refractivity contribution >= 4 is 11.0 Å². The molecule has 0 bridgehead atoms. The number of fused-ring (bicyclic) bond motifs is 1. The number of nitrogens with zero attached hydrogens (tertiary/aromatic N) is 3. The van der Waals surface area contributed by atoms with Gasteiger partial charge in [0.15, 0.2) is 5.52 Å². The van der Waals surface area contributed by atoms with E-state index in [1.807, 2.05) is 6.07 Å². The number of pyridine rings is 1. The second-order valence-electron chi connectivity index (χ2n) is 3.02. The first kappa shape index (κ1) is 7.21. The van der Waals surface area contributed by atoms with E-state index < -0.39 is 0 Å². The van der Waals surface area contributed by atoms with Crippen LogP contribution in [0.3, 0.4) is 0 Å². The molecule has 0 aromatic carbocycles. The summed E-state index contributed by atoms with van der Waals surface area (Å²) in [4.78, 5) is 4.22. The van der Waals surface area contributed by atoms with Gasteiger partial charge in [0.2, 0.25) is 0 Å². The van der Waals surface area contributed by atoms with Crippen LogP contribution in [0.1, 0.15) is 25.5 Å². The molecular formula is C8H9N3O. The van der Waals surface area contributed by atoms with E-state index >= 15 is 0 Å². The lowest BCUT2D eigenvalue weighted by atomic mass is 10.1. The van der Waals surface area contributed by atoms with Crippen molar-refractivity contribution in [1.29, 1.82) is 0 Å². The Hall–Kier alpha value is -1.45. The van der Waals surface area contributed by atoms with Gasteiger partial charge in [-0.1, -0.05) is 13.8 Å². The maximum atomic E-state index is 4.56. The SMILES string of the molecule is CC(C)c1cc2nonc2cn1. The van der Waals surface area contributed by atoms with Crippen molar-refractivity contribution in [2.45, 2.75) is 19.8 Å². The van der Waals surface area contributed by atoms with Gasteiger partial charge in [0.1, 0.15) is 5.52 Å². The van der Waals surface area contributed by atoms with Gasteiger partial charge in [-0.25, -0.2) is 4.63 Å². The van der Waals surface area contributed by atoms with Gasteiger partial charge >= 0.3 is 0 Å². The van der Waals surface area contributed by atoms with E-state index in [-0.39, 0.29) is 0 Å². The summed E-state index contributed by atoms with van der Waals surface area (Å²) in [5.74, 6) is 0.408. The molecule has 4 heteroatoms. The third-order valence-electron chi connectivity index (χ3n) is 1.75. The first-order valence-electron chi connectivity index (χ1n) is 3.85. The van der Waals surface area contributed by atoms with Gasteiger partial charge in [-0.15, -0.1) is 0 Å². The smallest absolute Gasteiger partial charge is 0.153 e. The zero-order valence-electron chi connectivity index (χ0n) is 6.98. The van der Waals surface area contributed by atoms with Crippen LogP contribution in [-0.2, 0) is 0 Å². The van der Waals surface area contributed by atoms with Gasteiger partial charge < -0.3 is 0 Å². The maximum Gasteiger partial charge on any atom is 0.153 e. The van der Waals surface area contributed by atoms with E-state index in [2.05, 4.69) is 33.8 Å². The van der Waals surface area contributed by atoms with Crippen LogP contribution in [0.4, 0.5) is 0 Å². The minimum Gasteiger partial charge on any atom is -0.258 e. The Morgan fingerprint density at radius 3 is 2.75 bits per heavy atom. The van der Waals surface area contributed by atoms with Crippen molar-refractivity contribution in [3.8, 4) is 0 Å². The Labute approximate surface area is 69.6 Å². The molecule has 0 N–H and O–H groups in total. The molecule has 2 heterocycles. The Morgan fingerprint density at radius 2 is 2.00 bits per heavy atom. The van der Waals surface area contributed by atoms with Crippen LogP contribution in [0.15, 0.2) is 16.9 Å². The number of hydrogen-bond acceptors (Lipinski definition) is 4. The van der Waals surface area contributed by atoms with Gasteiger partial charge in [-0.05, 0) is 22.3 Å². The highest BCUT2D eigenvalue weighted by Gasteiger charge is 2.04. The summed E-state index contributed by atoms with van der Waals surface area (Å²) < 4.78 is 4.56. The van der Waals surface area contributed by atoms with E-state index in [4.69, 9.17) is 0 Å². The van der Waals surface area contributed by atoms with E-state index in [1.165, 1.54) is 0 Å². The third kappa shape index (κ3) is 1.05. The van der Waals surface area contributed by atoms with Crippen molar-refractivity contribution in [3.63, 3.8) is 0 Å². The molecule has 0 aliphatic carbocycles. The summed E-state index contributed by atoms with van der Waals surface area (Å²) >= 11 is 0. The number of aromatic nitrogens is 3.